The maximum absolute atomic E-state index is 13.6. The van der Waals surface area contributed by atoms with Gasteiger partial charge in [-0.15, -0.1) is 0 Å². The van der Waals surface area contributed by atoms with Crippen molar-refractivity contribution in [2.75, 3.05) is 17.5 Å². The van der Waals surface area contributed by atoms with Gasteiger partial charge in [-0.1, -0.05) is 42.0 Å². The second-order valence-electron chi connectivity index (χ2n) is 8.14. The average Bonchev–Trinajstić information content (AvgIpc) is 3.42. The minimum absolute atomic E-state index is 0.0993. The number of hydrogen-bond acceptors (Lipinski definition) is 5. The number of benzene rings is 3. The van der Waals surface area contributed by atoms with Crippen molar-refractivity contribution in [1.29, 1.82) is 0 Å². The van der Waals surface area contributed by atoms with E-state index in [4.69, 9.17) is 4.74 Å². The highest BCUT2D eigenvalue weighted by molar-refractivity contribution is 7.92. The number of para-hydroxylation sites is 2. The van der Waals surface area contributed by atoms with Gasteiger partial charge in [0.1, 0.15) is 12.3 Å². The highest BCUT2D eigenvalue weighted by Crippen LogP contribution is 2.32. The first-order valence-corrected chi connectivity index (χ1v) is 13.0. The Morgan fingerprint density at radius 2 is 1.75 bits per heavy atom. The fourth-order valence-corrected chi connectivity index (χ4v) is 5.09. The van der Waals surface area contributed by atoms with E-state index in [9.17, 15) is 13.2 Å². The Morgan fingerprint density at radius 3 is 2.42 bits per heavy atom. The lowest BCUT2D eigenvalue weighted by atomic mass is 10.2. The van der Waals surface area contributed by atoms with Crippen molar-refractivity contribution >= 4 is 21.6 Å². The lowest BCUT2D eigenvalue weighted by molar-refractivity contribution is -0.119. The number of imidazole rings is 1. The topological polar surface area (TPSA) is 93.5 Å². The van der Waals surface area contributed by atoms with Crippen molar-refractivity contribution in [3.8, 4) is 11.4 Å². The molecule has 9 heteroatoms. The summed E-state index contributed by atoms with van der Waals surface area (Å²) < 4.78 is 35.9. The van der Waals surface area contributed by atoms with Crippen molar-refractivity contribution < 1.29 is 17.9 Å². The van der Waals surface area contributed by atoms with Gasteiger partial charge in [0, 0.05) is 24.6 Å². The van der Waals surface area contributed by atoms with E-state index in [0.29, 0.717) is 18.0 Å². The molecule has 4 aromatic rings. The molecule has 1 amide bonds. The van der Waals surface area contributed by atoms with Crippen LogP contribution in [0.2, 0.25) is 0 Å². The van der Waals surface area contributed by atoms with Gasteiger partial charge in [-0.3, -0.25) is 9.10 Å². The molecule has 4 rings (SSSR count). The fourth-order valence-electron chi connectivity index (χ4n) is 3.66. The van der Waals surface area contributed by atoms with Gasteiger partial charge >= 0.3 is 0 Å². The standard InChI is InChI=1S/C27H28N4O4S/c1-3-35-26-7-5-4-6-25(26)31(36(33,34)24-14-8-21(2)9-15-24)19-27(32)29-18-22-10-12-23(13-11-22)30-17-16-28-20-30/h4-17,20H,3,18-19H2,1-2H3,(H,29,32). The van der Waals surface area contributed by atoms with E-state index < -0.39 is 22.5 Å². The molecule has 186 valence electrons. The van der Waals surface area contributed by atoms with Gasteiger partial charge in [-0.2, -0.15) is 0 Å². The third kappa shape index (κ3) is 5.75. The molecule has 0 saturated carbocycles. The Morgan fingerprint density at radius 1 is 1.03 bits per heavy atom. The number of aromatic nitrogens is 2. The predicted octanol–water partition coefficient (Wildman–Crippen LogP) is 4.09. The number of nitrogens with zero attached hydrogens (tertiary/aromatic N) is 3. The van der Waals surface area contributed by atoms with Crippen LogP contribution in [0.25, 0.3) is 5.69 Å². The Labute approximate surface area is 211 Å². The number of rotatable bonds is 10. The predicted molar refractivity (Wildman–Crippen MR) is 139 cm³/mol. The number of nitrogens with one attached hydrogen (secondary N) is 1. The molecule has 1 aromatic heterocycles. The van der Waals surface area contributed by atoms with E-state index in [1.54, 1.807) is 61.1 Å². The van der Waals surface area contributed by atoms with Crippen molar-refractivity contribution in [3.05, 3.63) is 103 Å². The fraction of sp³-hybridized carbons (Fsp3) is 0.185. The highest BCUT2D eigenvalue weighted by atomic mass is 32.2. The van der Waals surface area contributed by atoms with Gasteiger partial charge in [-0.25, -0.2) is 13.4 Å². The van der Waals surface area contributed by atoms with Crippen LogP contribution in [0, 0.1) is 6.92 Å². The number of anilines is 1. The van der Waals surface area contributed by atoms with Crippen molar-refractivity contribution in [2.45, 2.75) is 25.3 Å². The summed E-state index contributed by atoms with van der Waals surface area (Å²) in [5.74, 6) is -0.0470. The summed E-state index contributed by atoms with van der Waals surface area (Å²) in [4.78, 5) is 17.1. The molecule has 8 nitrogen and oxygen atoms in total. The molecule has 0 aliphatic heterocycles. The normalized spacial score (nSPS) is 11.2. The van der Waals surface area contributed by atoms with Gasteiger partial charge in [0.15, 0.2) is 0 Å². The molecule has 0 radical (unpaired) electrons. The highest BCUT2D eigenvalue weighted by Gasteiger charge is 2.29. The van der Waals surface area contributed by atoms with E-state index in [1.807, 2.05) is 48.9 Å². The molecule has 0 saturated heterocycles. The van der Waals surface area contributed by atoms with Crippen LogP contribution < -0.4 is 14.4 Å². The molecule has 0 unspecified atom stereocenters. The molecule has 3 aromatic carbocycles. The number of amides is 1. The molecule has 0 spiro atoms. The molecular weight excluding hydrogens is 476 g/mol. The summed E-state index contributed by atoms with van der Waals surface area (Å²) in [6.07, 6.45) is 5.26. The summed E-state index contributed by atoms with van der Waals surface area (Å²) in [7, 11) is -4.04. The van der Waals surface area contributed by atoms with Crippen LogP contribution in [-0.4, -0.2) is 37.0 Å². The lowest BCUT2D eigenvalue weighted by Crippen LogP contribution is -2.40. The van der Waals surface area contributed by atoms with Gasteiger partial charge < -0.3 is 14.6 Å². The molecule has 0 bridgehead atoms. The maximum Gasteiger partial charge on any atom is 0.264 e. The molecule has 0 fully saturated rings. The summed E-state index contributed by atoms with van der Waals surface area (Å²) >= 11 is 0. The van der Waals surface area contributed by atoms with Crippen LogP contribution in [0.15, 0.2) is 96.4 Å². The number of carbonyl (C=O) groups is 1. The van der Waals surface area contributed by atoms with E-state index >= 15 is 0 Å². The SMILES string of the molecule is CCOc1ccccc1N(CC(=O)NCc1ccc(-n2ccnc2)cc1)S(=O)(=O)c1ccc(C)cc1. The minimum Gasteiger partial charge on any atom is -0.492 e. The first-order valence-electron chi connectivity index (χ1n) is 11.5. The number of carbonyl (C=O) groups excluding carboxylic acids is 1. The molecule has 1 N–H and O–H groups in total. The second kappa shape index (κ2) is 11.1. The zero-order chi connectivity index (χ0) is 25.5. The third-order valence-corrected chi connectivity index (χ3v) is 7.33. The second-order valence-corrected chi connectivity index (χ2v) is 10.0. The van der Waals surface area contributed by atoms with E-state index in [-0.39, 0.29) is 11.4 Å². The van der Waals surface area contributed by atoms with E-state index in [0.717, 1.165) is 21.1 Å². The summed E-state index contributed by atoms with van der Waals surface area (Å²) in [6, 6.07) is 21.0. The van der Waals surface area contributed by atoms with Crippen LogP contribution in [0.4, 0.5) is 5.69 Å². The van der Waals surface area contributed by atoms with Crippen molar-refractivity contribution in [2.24, 2.45) is 0 Å². The van der Waals surface area contributed by atoms with Crippen molar-refractivity contribution in [3.63, 3.8) is 0 Å². The zero-order valence-corrected chi connectivity index (χ0v) is 21.0. The largest absolute Gasteiger partial charge is 0.492 e. The first kappa shape index (κ1) is 25.0. The van der Waals surface area contributed by atoms with Gasteiger partial charge in [0.05, 0.1) is 23.5 Å². The van der Waals surface area contributed by atoms with Gasteiger partial charge in [0.2, 0.25) is 5.91 Å². The molecule has 36 heavy (non-hydrogen) atoms. The van der Waals surface area contributed by atoms with E-state index in [2.05, 4.69) is 10.3 Å². The number of sulfonamides is 1. The molecule has 0 atom stereocenters. The average molecular weight is 505 g/mol. The maximum atomic E-state index is 13.6. The Hall–Kier alpha value is -4.11. The Kier molecular flexibility index (Phi) is 7.70. The quantitative estimate of drug-likeness (QED) is 0.351. The molecule has 0 aliphatic carbocycles. The number of hydrogen-bond donors (Lipinski definition) is 1. The van der Waals surface area contributed by atoms with Crippen LogP contribution in [-0.2, 0) is 21.4 Å². The van der Waals surface area contributed by atoms with Gasteiger partial charge in [-0.05, 0) is 55.8 Å². The Balaban J connectivity index is 1.55. The van der Waals surface area contributed by atoms with Crippen LogP contribution in [0.3, 0.4) is 0 Å². The molecule has 0 aliphatic rings. The minimum atomic E-state index is -4.04. The zero-order valence-electron chi connectivity index (χ0n) is 20.2. The lowest BCUT2D eigenvalue weighted by Gasteiger charge is -2.26. The van der Waals surface area contributed by atoms with Gasteiger partial charge in [0.25, 0.3) is 10.0 Å². The number of ether oxygens (including phenoxy) is 1. The molecule has 1 heterocycles. The third-order valence-electron chi connectivity index (χ3n) is 5.56. The van der Waals surface area contributed by atoms with Crippen LogP contribution >= 0.6 is 0 Å². The Bertz CT molecular complexity index is 1400. The summed E-state index contributed by atoms with van der Waals surface area (Å²) in [5, 5.41) is 2.83. The summed E-state index contributed by atoms with van der Waals surface area (Å²) in [5.41, 5.74) is 3.08. The monoisotopic (exact) mass is 504 g/mol. The van der Waals surface area contributed by atoms with E-state index in [1.165, 1.54) is 0 Å². The summed E-state index contributed by atoms with van der Waals surface area (Å²) in [6.45, 7) is 3.92. The van der Waals surface area contributed by atoms with Crippen molar-refractivity contribution in [1.82, 2.24) is 14.9 Å². The first-order chi connectivity index (χ1) is 17.4. The van der Waals surface area contributed by atoms with Crippen LogP contribution in [0.1, 0.15) is 18.1 Å². The smallest absolute Gasteiger partial charge is 0.264 e. The number of aryl methyl sites for hydroxylation is 1. The van der Waals surface area contributed by atoms with Crippen LogP contribution in [0.5, 0.6) is 5.75 Å². The molecular formula is C27H28N4O4S.